The Bertz CT molecular complexity index is 755. The van der Waals surface area contributed by atoms with Crippen LogP contribution < -0.4 is 9.46 Å². The van der Waals surface area contributed by atoms with E-state index in [1.54, 1.807) is 6.07 Å². The number of benzene rings is 2. The molecule has 0 unspecified atom stereocenters. The van der Waals surface area contributed by atoms with Crippen molar-refractivity contribution in [3.05, 3.63) is 65.0 Å². The third-order valence-electron chi connectivity index (χ3n) is 3.19. The third kappa shape index (κ3) is 5.65. The van der Waals surface area contributed by atoms with Gasteiger partial charge in [0.1, 0.15) is 18.2 Å². The summed E-state index contributed by atoms with van der Waals surface area (Å²) in [6, 6.07) is 11.6. The van der Waals surface area contributed by atoms with E-state index < -0.39 is 15.8 Å². The molecule has 0 heterocycles. The summed E-state index contributed by atoms with van der Waals surface area (Å²) in [5.41, 5.74) is 2.32. The average Bonchev–Trinajstić information content (AvgIpc) is 2.45. The molecule has 0 aliphatic rings. The number of aryl methyl sites for hydroxylation is 2. The van der Waals surface area contributed by atoms with Crippen molar-refractivity contribution in [1.82, 2.24) is 4.72 Å². The van der Waals surface area contributed by atoms with E-state index in [1.165, 1.54) is 18.2 Å². The summed E-state index contributed by atoms with van der Waals surface area (Å²) in [6.45, 7) is 4.27. The molecular formula is C17H20FNO3S. The lowest BCUT2D eigenvalue weighted by molar-refractivity contribution is 0.322. The zero-order valence-electron chi connectivity index (χ0n) is 13.2. The van der Waals surface area contributed by atoms with Crippen molar-refractivity contribution >= 4 is 10.0 Å². The number of hydrogen-bond acceptors (Lipinski definition) is 3. The van der Waals surface area contributed by atoms with Crippen molar-refractivity contribution in [2.24, 2.45) is 0 Å². The Balaban J connectivity index is 1.84. The van der Waals surface area contributed by atoms with Crippen LogP contribution in [-0.4, -0.2) is 21.6 Å². The number of ether oxygens (including phenoxy) is 1. The molecule has 0 bridgehead atoms. The van der Waals surface area contributed by atoms with E-state index in [1.807, 2.05) is 32.0 Å². The zero-order chi connectivity index (χ0) is 16.9. The van der Waals surface area contributed by atoms with Gasteiger partial charge in [-0.05, 0) is 43.2 Å². The molecule has 4 nitrogen and oxygen atoms in total. The predicted octanol–water partition coefficient (Wildman–Crippen LogP) is 2.94. The third-order valence-corrected chi connectivity index (χ3v) is 4.53. The zero-order valence-corrected chi connectivity index (χ0v) is 14.0. The second-order valence-electron chi connectivity index (χ2n) is 5.42. The predicted molar refractivity (Wildman–Crippen MR) is 88.4 cm³/mol. The summed E-state index contributed by atoms with van der Waals surface area (Å²) in [5.74, 6) is -0.205. The van der Waals surface area contributed by atoms with Gasteiger partial charge in [-0.15, -0.1) is 0 Å². The van der Waals surface area contributed by atoms with Gasteiger partial charge < -0.3 is 4.74 Å². The van der Waals surface area contributed by atoms with Crippen LogP contribution in [0.25, 0.3) is 0 Å². The molecule has 0 aliphatic carbocycles. The van der Waals surface area contributed by atoms with E-state index >= 15 is 0 Å². The highest BCUT2D eigenvalue weighted by Gasteiger charge is 2.13. The van der Waals surface area contributed by atoms with Crippen LogP contribution in [0.5, 0.6) is 5.75 Å². The maximum Gasteiger partial charge on any atom is 0.216 e. The molecule has 0 fully saturated rings. The number of sulfonamides is 1. The summed E-state index contributed by atoms with van der Waals surface area (Å²) in [5, 5.41) is 0. The summed E-state index contributed by atoms with van der Waals surface area (Å²) >= 11 is 0. The smallest absolute Gasteiger partial charge is 0.216 e. The number of hydrogen-bond donors (Lipinski definition) is 1. The minimum atomic E-state index is -3.60. The Labute approximate surface area is 136 Å². The van der Waals surface area contributed by atoms with E-state index in [0.717, 1.165) is 11.1 Å². The lowest BCUT2D eigenvalue weighted by atomic mass is 10.1. The highest BCUT2D eigenvalue weighted by Crippen LogP contribution is 2.16. The summed E-state index contributed by atoms with van der Waals surface area (Å²) in [4.78, 5) is 0. The molecule has 0 aromatic heterocycles. The molecule has 0 atom stereocenters. The van der Waals surface area contributed by atoms with Crippen molar-refractivity contribution in [1.29, 1.82) is 0 Å². The van der Waals surface area contributed by atoms with Gasteiger partial charge in [0.15, 0.2) is 0 Å². The largest absolute Gasteiger partial charge is 0.492 e. The van der Waals surface area contributed by atoms with Gasteiger partial charge in [0.2, 0.25) is 10.0 Å². The number of rotatable bonds is 7. The van der Waals surface area contributed by atoms with Crippen molar-refractivity contribution in [3.8, 4) is 5.75 Å². The van der Waals surface area contributed by atoms with Gasteiger partial charge in [0, 0.05) is 12.1 Å². The molecule has 124 valence electrons. The molecule has 0 amide bonds. The maximum absolute atomic E-state index is 13.5. The van der Waals surface area contributed by atoms with Crippen LogP contribution in [-0.2, 0) is 15.8 Å². The first-order chi connectivity index (χ1) is 10.9. The fraction of sp³-hybridized carbons (Fsp3) is 0.294. The van der Waals surface area contributed by atoms with Crippen LogP contribution in [0.15, 0.2) is 42.5 Å². The van der Waals surface area contributed by atoms with E-state index in [2.05, 4.69) is 4.72 Å². The van der Waals surface area contributed by atoms with Crippen molar-refractivity contribution in [3.63, 3.8) is 0 Å². The van der Waals surface area contributed by atoms with Crippen LogP contribution in [0.2, 0.25) is 0 Å². The van der Waals surface area contributed by atoms with Gasteiger partial charge in [0.25, 0.3) is 0 Å². The fourth-order valence-corrected chi connectivity index (χ4v) is 3.39. The Kier molecular flexibility index (Phi) is 5.74. The quantitative estimate of drug-likeness (QED) is 0.790. The normalized spacial score (nSPS) is 11.4. The van der Waals surface area contributed by atoms with E-state index in [9.17, 15) is 12.8 Å². The van der Waals surface area contributed by atoms with Crippen molar-refractivity contribution in [2.75, 3.05) is 13.2 Å². The Morgan fingerprint density at radius 1 is 1.09 bits per heavy atom. The highest BCUT2D eigenvalue weighted by atomic mass is 32.2. The SMILES string of the molecule is Cc1cc(C)cc(OCCNS(=O)(=O)Cc2ccccc2F)c1. The molecule has 0 aliphatic heterocycles. The lowest BCUT2D eigenvalue weighted by Gasteiger charge is -2.10. The second-order valence-corrected chi connectivity index (χ2v) is 7.22. The molecule has 0 radical (unpaired) electrons. The Morgan fingerprint density at radius 2 is 1.74 bits per heavy atom. The van der Waals surface area contributed by atoms with Crippen LogP contribution in [0.4, 0.5) is 4.39 Å². The van der Waals surface area contributed by atoms with Crippen LogP contribution >= 0.6 is 0 Å². The van der Waals surface area contributed by atoms with Crippen LogP contribution in [0.1, 0.15) is 16.7 Å². The topological polar surface area (TPSA) is 55.4 Å². The molecule has 1 N–H and O–H groups in total. The minimum Gasteiger partial charge on any atom is -0.492 e. The lowest BCUT2D eigenvalue weighted by Crippen LogP contribution is -2.29. The van der Waals surface area contributed by atoms with E-state index in [0.29, 0.717) is 5.75 Å². The van der Waals surface area contributed by atoms with Crippen LogP contribution in [0, 0.1) is 19.7 Å². The molecular weight excluding hydrogens is 317 g/mol. The first-order valence-corrected chi connectivity index (χ1v) is 8.93. The summed E-state index contributed by atoms with van der Waals surface area (Å²) in [7, 11) is -3.60. The Hall–Kier alpha value is -1.92. The average molecular weight is 337 g/mol. The first kappa shape index (κ1) is 17.4. The number of nitrogens with one attached hydrogen (secondary N) is 1. The molecule has 0 saturated heterocycles. The van der Waals surface area contributed by atoms with Crippen molar-refractivity contribution < 1.29 is 17.5 Å². The molecule has 23 heavy (non-hydrogen) atoms. The summed E-state index contributed by atoms with van der Waals surface area (Å²) in [6.07, 6.45) is 0. The van der Waals surface area contributed by atoms with Crippen molar-refractivity contribution in [2.45, 2.75) is 19.6 Å². The highest BCUT2D eigenvalue weighted by molar-refractivity contribution is 7.88. The summed E-state index contributed by atoms with van der Waals surface area (Å²) < 4.78 is 45.3. The molecule has 2 rings (SSSR count). The molecule has 2 aromatic rings. The van der Waals surface area contributed by atoms with Gasteiger partial charge in [-0.3, -0.25) is 0 Å². The Morgan fingerprint density at radius 3 is 2.39 bits per heavy atom. The molecule has 0 spiro atoms. The maximum atomic E-state index is 13.5. The minimum absolute atomic E-state index is 0.129. The van der Waals surface area contributed by atoms with E-state index in [4.69, 9.17) is 4.74 Å². The molecule has 6 heteroatoms. The van der Waals surface area contributed by atoms with E-state index in [-0.39, 0.29) is 24.5 Å². The van der Waals surface area contributed by atoms with Gasteiger partial charge in [-0.2, -0.15) is 0 Å². The first-order valence-electron chi connectivity index (χ1n) is 7.27. The monoisotopic (exact) mass is 337 g/mol. The van der Waals surface area contributed by atoms with Gasteiger partial charge in [-0.25, -0.2) is 17.5 Å². The molecule has 0 saturated carbocycles. The van der Waals surface area contributed by atoms with Gasteiger partial charge >= 0.3 is 0 Å². The van der Waals surface area contributed by atoms with Gasteiger partial charge in [0.05, 0.1) is 5.75 Å². The standard InChI is InChI=1S/C17H20FNO3S/c1-13-9-14(2)11-16(10-13)22-8-7-19-23(20,21)12-15-5-3-4-6-17(15)18/h3-6,9-11,19H,7-8,12H2,1-2H3. The second kappa shape index (κ2) is 7.57. The number of halogens is 1. The molecule has 2 aromatic carbocycles. The van der Waals surface area contributed by atoms with Gasteiger partial charge in [-0.1, -0.05) is 24.3 Å². The van der Waals surface area contributed by atoms with Crippen LogP contribution in [0.3, 0.4) is 0 Å². The fourth-order valence-electron chi connectivity index (χ4n) is 2.25.